The summed E-state index contributed by atoms with van der Waals surface area (Å²) in [7, 11) is -3.27. The molecule has 1 aromatic carbocycles. The van der Waals surface area contributed by atoms with Gasteiger partial charge in [-0.3, -0.25) is 0 Å². The van der Waals surface area contributed by atoms with E-state index < -0.39 is 10.0 Å². The topological polar surface area (TPSA) is 66.4 Å². The first kappa shape index (κ1) is 16.0. The van der Waals surface area contributed by atoms with E-state index in [1.807, 2.05) is 30.3 Å². The van der Waals surface area contributed by atoms with Gasteiger partial charge in [0, 0.05) is 32.1 Å². The number of piperazine rings is 1. The van der Waals surface area contributed by atoms with Crippen LogP contribution in [0.25, 0.3) is 0 Å². The Labute approximate surface area is 146 Å². The lowest BCUT2D eigenvalue weighted by atomic mass is 10.2. The van der Waals surface area contributed by atoms with Crippen molar-refractivity contribution in [1.82, 2.24) is 14.5 Å². The summed E-state index contributed by atoms with van der Waals surface area (Å²) in [5.41, 5.74) is 0.832. The van der Waals surface area contributed by atoms with Gasteiger partial charge >= 0.3 is 0 Å². The van der Waals surface area contributed by atoms with Crippen molar-refractivity contribution in [2.45, 2.75) is 24.5 Å². The zero-order valence-corrected chi connectivity index (χ0v) is 15.0. The number of sulfonamides is 1. The molecule has 0 radical (unpaired) electrons. The number of benzene rings is 1. The van der Waals surface area contributed by atoms with Crippen LogP contribution in [0.3, 0.4) is 0 Å². The van der Waals surface area contributed by atoms with Gasteiger partial charge in [-0.1, -0.05) is 41.7 Å². The van der Waals surface area contributed by atoms with Gasteiger partial charge in [0.15, 0.2) is 0 Å². The predicted molar refractivity (Wildman–Crippen MR) is 94.7 cm³/mol. The standard InChI is InChI=1S/C16H20N4O2S2/c21-24(22,12-13-4-2-1-3-5-13)20-10-8-19(9-11-20)16-18-17-15(23-16)14-6-7-14/h1-5,14H,6-12H2. The zero-order valence-electron chi connectivity index (χ0n) is 13.3. The Morgan fingerprint density at radius 3 is 2.42 bits per heavy atom. The minimum absolute atomic E-state index is 0.0679. The van der Waals surface area contributed by atoms with Gasteiger partial charge in [-0.2, -0.15) is 4.31 Å². The Morgan fingerprint density at radius 2 is 1.75 bits per heavy atom. The van der Waals surface area contributed by atoms with Crippen molar-refractivity contribution in [2.75, 3.05) is 31.1 Å². The molecule has 128 valence electrons. The van der Waals surface area contributed by atoms with E-state index in [9.17, 15) is 8.42 Å². The molecule has 0 spiro atoms. The average molecular weight is 364 g/mol. The molecular formula is C16H20N4O2S2. The molecule has 1 aromatic heterocycles. The van der Waals surface area contributed by atoms with Crippen LogP contribution in [-0.4, -0.2) is 49.1 Å². The molecule has 24 heavy (non-hydrogen) atoms. The van der Waals surface area contributed by atoms with Crippen molar-refractivity contribution in [1.29, 1.82) is 0 Å². The molecule has 2 heterocycles. The van der Waals surface area contributed by atoms with E-state index in [-0.39, 0.29) is 5.75 Å². The molecule has 2 fully saturated rings. The highest BCUT2D eigenvalue weighted by molar-refractivity contribution is 7.88. The van der Waals surface area contributed by atoms with Crippen LogP contribution in [0.5, 0.6) is 0 Å². The van der Waals surface area contributed by atoms with Crippen LogP contribution in [-0.2, 0) is 15.8 Å². The molecule has 1 saturated carbocycles. The van der Waals surface area contributed by atoms with Gasteiger partial charge in [-0.15, -0.1) is 10.2 Å². The lowest BCUT2D eigenvalue weighted by molar-refractivity contribution is 0.384. The Morgan fingerprint density at radius 1 is 1.04 bits per heavy atom. The number of hydrogen-bond acceptors (Lipinski definition) is 6. The summed E-state index contributed by atoms with van der Waals surface area (Å²) in [5, 5.41) is 10.6. The zero-order chi connectivity index (χ0) is 16.6. The molecule has 8 heteroatoms. The molecule has 2 aliphatic rings. The van der Waals surface area contributed by atoms with Crippen molar-refractivity contribution in [3.8, 4) is 0 Å². The van der Waals surface area contributed by atoms with Gasteiger partial charge in [0.25, 0.3) is 0 Å². The third kappa shape index (κ3) is 3.45. The van der Waals surface area contributed by atoms with Crippen LogP contribution in [0.15, 0.2) is 30.3 Å². The summed E-state index contributed by atoms with van der Waals surface area (Å²) in [4.78, 5) is 2.15. The largest absolute Gasteiger partial charge is 0.344 e. The second-order valence-corrected chi connectivity index (χ2v) is 9.28. The van der Waals surface area contributed by atoms with Crippen LogP contribution >= 0.6 is 11.3 Å². The minimum atomic E-state index is -3.27. The molecule has 0 atom stereocenters. The molecule has 1 aliphatic heterocycles. The van der Waals surface area contributed by atoms with Gasteiger partial charge in [-0.05, 0) is 18.4 Å². The van der Waals surface area contributed by atoms with E-state index in [0.717, 1.165) is 15.7 Å². The number of nitrogens with zero attached hydrogens (tertiary/aromatic N) is 4. The molecule has 6 nitrogen and oxygen atoms in total. The van der Waals surface area contributed by atoms with Crippen molar-refractivity contribution in [3.05, 3.63) is 40.9 Å². The third-order valence-electron chi connectivity index (χ3n) is 4.45. The molecule has 2 aromatic rings. The fourth-order valence-corrected chi connectivity index (χ4v) is 5.46. The van der Waals surface area contributed by atoms with Crippen molar-refractivity contribution in [3.63, 3.8) is 0 Å². The van der Waals surface area contributed by atoms with Gasteiger partial charge in [-0.25, -0.2) is 8.42 Å². The summed E-state index contributed by atoms with van der Waals surface area (Å²) >= 11 is 1.66. The SMILES string of the molecule is O=S(=O)(Cc1ccccc1)N1CCN(c2nnc(C3CC3)s2)CC1. The molecule has 4 rings (SSSR count). The van der Waals surface area contributed by atoms with E-state index in [4.69, 9.17) is 0 Å². The van der Waals surface area contributed by atoms with Crippen LogP contribution < -0.4 is 4.90 Å². The monoisotopic (exact) mass is 364 g/mol. The molecule has 0 bridgehead atoms. The minimum Gasteiger partial charge on any atom is -0.344 e. The van der Waals surface area contributed by atoms with Gasteiger partial charge in [0.1, 0.15) is 5.01 Å². The van der Waals surface area contributed by atoms with E-state index in [0.29, 0.717) is 32.1 Å². The fourth-order valence-electron chi connectivity index (χ4n) is 2.88. The summed E-state index contributed by atoms with van der Waals surface area (Å²) in [6, 6.07) is 9.35. The Balaban J connectivity index is 1.38. The molecule has 1 saturated heterocycles. The van der Waals surface area contributed by atoms with E-state index in [1.165, 1.54) is 12.8 Å². The Bertz CT molecular complexity index is 794. The average Bonchev–Trinajstić information content (AvgIpc) is 3.33. The molecule has 0 amide bonds. The van der Waals surface area contributed by atoms with Crippen LogP contribution in [0.1, 0.15) is 29.3 Å². The first-order chi connectivity index (χ1) is 11.6. The summed E-state index contributed by atoms with van der Waals surface area (Å²) in [5.74, 6) is 0.683. The normalized spacial score (nSPS) is 19.6. The molecular weight excluding hydrogens is 344 g/mol. The first-order valence-corrected chi connectivity index (χ1v) is 10.6. The predicted octanol–water partition coefficient (Wildman–Crippen LogP) is 2.07. The van der Waals surface area contributed by atoms with Gasteiger partial charge in [0.2, 0.25) is 15.2 Å². The maximum absolute atomic E-state index is 12.6. The lowest BCUT2D eigenvalue weighted by Crippen LogP contribution is -2.49. The quantitative estimate of drug-likeness (QED) is 0.812. The van der Waals surface area contributed by atoms with E-state index in [1.54, 1.807) is 15.6 Å². The maximum Gasteiger partial charge on any atom is 0.218 e. The van der Waals surface area contributed by atoms with E-state index in [2.05, 4.69) is 15.1 Å². The summed E-state index contributed by atoms with van der Waals surface area (Å²) < 4.78 is 26.8. The van der Waals surface area contributed by atoms with Crippen molar-refractivity contribution in [2.24, 2.45) is 0 Å². The van der Waals surface area contributed by atoms with Crippen LogP contribution in [0.2, 0.25) is 0 Å². The summed E-state index contributed by atoms with van der Waals surface area (Å²) in [6.45, 7) is 2.36. The van der Waals surface area contributed by atoms with Gasteiger partial charge < -0.3 is 4.90 Å². The maximum atomic E-state index is 12.6. The van der Waals surface area contributed by atoms with Crippen LogP contribution in [0.4, 0.5) is 5.13 Å². The Hall–Kier alpha value is -1.51. The highest BCUT2D eigenvalue weighted by Gasteiger charge is 2.31. The molecule has 0 N–H and O–H groups in total. The number of aromatic nitrogens is 2. The highest BCUT2D eigenvalue weighted by atomic mass is 32.2. The number of hydrogen-bond donors (Lipinski definition) is 0. The second kappa shape index (κ2) is 6.42. The molecule has 0 unspecified atom stereocenters. The molecule has 1 aliphatic carbocycles. The van der Waals surface area contributed by atoms with E-state index >= 15 is 0 Å². The first-order valence-electron chi connectivity index (χ1n) is 8.22. The Kier molecular flexibility index (Phi) is 4.28. The number of rotatable bonds is 5. The van der Waals surface area contributed by atoms with Crippen molar-refractivity contribution < 1.29 is 8.42 Å². The second-order valence-electron chi connectivity index (χ2n) is 6.33. The fraction of sp³-hybridized carbons (Fsp3) is 0.500. The lowest BCUT2D eigenvalue weighted by Gasteiger charge is -2.33. The van der Waals surface area contributed by atoms with Crippen molar-refractivity contribution >= 4 is 26.5 Å². The smallest absolute Gasteiger partial charge is 0.218 e. The summed E-state index contributed by atoms with van der Waals surface area (Å²) in [6.07, 6.45) is 2.44. The third-order valence-corrected chi connectivity index (χ3v) is 7.45. The number of anilines is 1. The van der Waals surface area contributed by atoms with Gasteiger partial charge in [0.05, 0.1) is 5.75 Å². The van der Waals surface area contributed by atoms with Crippen LogP contribution in [0, 0.1) is 0 Å². The highest BCUT2D eigenvalue weighted by Crippen LogP contribution is 2.42.